The first-order chi connectivity index (χ1) is 14.8. The molecule has 2 atom stereocenters. The Morgan fingerprint density at radius 1 is 1.03 bits per heavy atom. The largest absolute Gasteiger partial charge is 0.289 e. The Hall–Kier alpha value is -3.61. The van der Waals surface area contributed by atoms with Crippen LogP contribution >= 0.6 is 0 Å². The zero-order valence-electron chi connectivity index (χ0n) is 17.7. The second-order valence-corrected chi connectivity index (χ2v) is 7.99. The van der Waals surface area contributed by atoms with Crippen molar-refractivity contribution >= 4 is 29.2 Å². The van der Waals surface area contributed by atoms with Crippen LogP contribution in [0.25, 0.3) is 6.08 Å². The van der Waals surface area contributed by atoms with Gasteiger partial charge in [-0.05, 0) is 44.5 Å². The lowest BCUT2D eigenvalue weighted by atomic mass is 9.82. The number of hydrogen-bond acceptors (Lipinski definition) is 5. The van der Waals surface area contributed by atoms with E-state index in [0.717, 1.165) is 11.4 Å². The molecule has 1 heterocycles. The zero-order valence-corrected chi connectivity index (χ0v) is 17.7. The zero-order chi connectivity index (χ0) is 22.3. The number of likely N-dealkylation sites (N-methyl/N-ethyl adjacent to an activating group) is 1. The molecule has 1 aliphatic heterocycles. The summed E-state index contributed by atoms with van der Waals surface area (Å²) in [6.07, 6.45) is 3.75. The third-order valence-corrected chi connectivity index (χ3v) is 5.91. The number of nitrogens with zero attached hydrogens (tertiary/aromatic N) is 3. The van der Waals surface area contributed by atoms with Crippen molar-refractivity contribution in [2.24, 2.45) is 0 Å². The van der Waals surface area contributed by atoms with Gasteiger partial charge in [0.2, 0.25) is 23.7 Å². The van der Waals surface area contributed by atoms with Crippen molar-refractivity contribution in [2.75, 3.05) is 6.54 Å². The van der Waals surface area contributed by atoms with Crippen LogP contribution in [0.5, 0.6) is 0 Å². The maximum Gasteiger partial charge on any atom is 0.273 e. The summed E-state index contributed by atoms with van der Waals surface area (Å²) in [5.41, 5.74) is 1.80. The molecule has 0 spiro atoms. The normalized spacial score (nSPS) is 20.6. The number of nitro groups is 1. The van der Waals surface area contributed by atoms with E-state index in [1.165, 1.54) is 12.1 Å². The van der Waals surface area contributed by atoms with Gasteiger partial charge in [0.1, 0.15) is 0 Å². The van der Waals surface area contributed by atoms with E-state index < -0.39 is 17.0 Å². The Labute approximate surface area is 180 Å². The van der Waals surface area contributed by atoms with Crippen LogP contribution in [0, 0.1) is 10.1 Å². The van der Waals surface area contributed by atoms with E-state index in [1.54, 1.807) is 36.4 Å². The van der Waals surface area contributed by atoms with Crippen LogP contribution in [0.15, 0.2) is 54.6 Å². The van der Waals surface area contributed by atoms with Gasteiger partial charge in [0.05, 0.1) is 17.5 Å². The molecule has 2 aromatic rings. The molecule has 2 aliphatic rings. The second-order valence-electron chi connectivity index (χ2n) is 7.99. The van der Waals surface area contributed by atoms with Crippen molar-refractivity contribution in [3.63, 3.8) is 0 Å². The van der Waals surface area contributed by atoms with Gasteiger partial charge in [-0.15, -0.1) is 0 Å². The minimum Gasteiger partial charge on any atom is -0.289 e. The summed E-state index contributed by atoms with van der Waals surface area (Å²) in [7, 11) is 0. The first-order valence-corrected chi connectivity index (χ1v) is 10.4. The molecule has 0 saturated heterocycles. The van der Waals surface area contributed by atoms with Crippen LogP contribution in [-0.2, 0) is 0 Å². The predicted molar refractivity (Wildman–Crippen MR) is 118 cm³/mol. The monoisotopic (exact) mass is 418 g/mol. The highest BCUT2D eigenvalue weighted by atomic mass is 16.6. The fourth-order valence-corrected chi connectivity index (χ4v) is 4.55. The molecule has 4 rings (SSSR count). The molecule has 7 nitrogen and oxygen atoms in total. The predicted octanol–water partition coefficient (Wildman–Crippen LogP) is 3.58. The summed E-state index contributed by atoms with van der Waals surface area (Å²) in [6.45, 7) is 6.56. The number of Topliss-reactive ketones (excluding diaryl/α,β-unsaturated/α-hetero) is 2. The summed E-state index contributed by atoms with van der Waals surface area (Å²) in [4.78, 5) is 39.3. The molecule has 31 heavy (non-hydrogen) atoms. The van der Waals surface area contributed by atoms with Gasteiger partial charge in [0.25, 0.3) is 11.5 Å². The second kappa shape index (κ2) is 7.91. The van der Waals surface area contributed by atoms with E-state index in [9.17, 15) is 19.7 Å². The molecule has 0 radical (unpaired) electrons. The molecule has 0 N–H and O–H groups in total. The van der Waals surface area contributed by atoms with Crippen LogP contribution in [0.4, 0.5) is 5.69 Å². The number of hydrogen-bond donors (Lipinski definition) is 0. The maximum absolute atomic E-state index is 13.4. The highest BCUT2D eigenvalue weighted by molar-refractivity contribution is 6.20. The van der Waals surface area contributed by atoms with Gasteiger partial charge in [-0.1, -0.05) is 24.3 Å². The standard InChI is InChI=1S/C24H24N3O4/c1-4-25-20(14-11-16-9-12-17(13-10-16)27(30)31)26(15(2)3)22-21(25)23(28)18-7-5-6-8-19(18)24(22)29/h5-15,21-22H,4H2,1-3H3/q+1/b14-11+. The van der Waals surface area contributed by atoms with Crippen LogP contribution in [-0.4, -0.2) is 56.5 Å². The number of amidine groups is 1. The van der Waals surface area contributed by atoms with Crippen LogP contribution < -0.4 is 0 Å². The first-order valence-electron chi connectivity index (χ1n) is 10.4. The number of carbonyl (C=O) groups is 2. The van der Waals surface area contributed by atoms with Crippen molar-refractivity contribution in [3.8, 4) is 0 Å². The molecular weight excluding hydrogens is 394 g/mol. The average Bonchev–Trinajstić information content (AvgIpc) is 3.11. The van der Waals surface area contributed by atoms with Crippen LogP contribution in [0.3, 0.4) is 0 Å². The van der Waals surface area contributed by atoms with Crippen molar-refractivity contribution < 1.29 is 19.1 Å². The Morgan fingerprint density at radius 2 is 1.65 bits per heavy atom. The fraction of sp³-hybridized carbons (Fsp3) is 0.292. The third kappa shape index (κ3) is 3.36. The Morgan fingerprint density at radius 3 is 2.19 bits per heavy atom. The number of fused-ring (bicyclic) bond motifs is 2. The topological polar surface area (TPSA) is 83.5 Å². The lowest BCUT2D eigenvalue weighted by Crippen LogP contribution is -2.54. The Balaban J connectivity index is 1.78. The summed E-state index contributed by atoms with van der Waals surface area (Å²) in [5, 5.41) is 10.9. The minimum atomic E-state index is -0.570. The van der Waals surface area contributed by atoms with E-state index >= 15 is 0 Å². The molecule has 158 valence electrons. The quantitative estimate of drug-likeness (QED) is 0.421. The van der Waals surface area contributed by atoms with E-state index in [1.807, 2.05) is 42.4 Å². The van der Waals surface area contributed by atoms with Crippen molar-refractivity contribution in [1.29, 1.82) is 0 Å². The molecule has 0 aromatic heterocycles. The first kappa shape index (κ1) is 20.7. The Bertz CT molecular complexity index is 1130. The molecule has 0 amide bonds. The number of rotatable bonds is 5. The summed E-state index contributed by atoms with van der Waals surface area (Å²) in [5.74, 6) is 0.734. The van der Waals surface area contributed by atoms with Gasteiger partial charge >= 0.3 is 0 Å². The summed E-state index contributed by atoms with van der Waals surface area (Å²) >= 11 is 0. The number of carbonyl (C=O) groups excluding carboxylic acids is 2. The van der Waals surface area contributed by atoms with E-state index in [0.29, 0.717) is 17.7 Å². The molecular formula is C24H24N3O4+. The third-order valence-electron chi connectivity index (χ3n) is 5.91. The maximum atomic E-state index is 13.4. The van der Waals surface area contributed by atoms with E-state index in [-0.39, 0.29) is 23.3 Å². The van der Waals surface area contributed by atoms with E-state index in [2.05, 4.69) is 0 Å². The lowest BCUT2D eigenvalue weighted by Gasteiger charge is -2.28. The molecule has 1 aliphatic carbocycles. The Kier molecular flexibility index (Phi) is 5.27. The van der Waals surface area contributed by atoms with Gasteiger partial charge in [-0.2, -0.15) is 0 Å². The summed E-state index contributed by atoms with van der Waals surface area (Å²) in [6, 6.07) is 12.2. The van der Waals surface area contributed by atoms with Gasteiger partial charge in [-0.3, -0.25) is 19.7 Å². The highest BCUT2D eigenvalue weighted by Gasteiger charge is 2.58. The van der Waals surface area contributed by atoms with Crippen LogP contribution in [0.2, 0.25) is 0 Å². The number of non-ortho nitro benzene ring substituents is 1. The van der Waals surface area contributed by atoms with Crippen molar-refractivity contribution in [2.45, 2.75) is 38.9 Å². The summed E-state index contributed by atoms with van der Waals surface area (Å²) < 4.78 is 1.99. The number of nitro benzene ring substituents is 1. The molecule has 2 unspecified atom stereocenters. The molecule has 7 heteroatoms. The lowest BCUT2D eigenvalue weighted by molar-refractivity contribution is -0.538. The van der Waals surface area contributed by atoms with Gasteiger partial charge in [0, 0.05) is 29.3 Å². The highest BCUT2D eigenvalue weighted by Crippen LogP contribution is 2.32. The number of ketones is 2. The fourth-order valence-electron chi connectivity index (χ4n) is 4.55. The minimum absolute atomic E-state index is 0.00238. The molecule has 0 saturated carbocycles. The van der Waals surface area contributed by atoms with Gasteiger partial charge < -0.3 is 0 Å². The van der Waals surface area contributed by atoms with Crippen molar-refractivity contribution in [3.05, 3.63) is 81.4 Å². The molecule has 0 bridgehead atoms. The molecule has 0 fully saturated rings. The van der Waals surface area contributed by atoms with Gasteiger partial charge in [0.15, 0.2) is 0 Å². The average molecular weight is 418 g/mol. The van der Waals surface area contributed by atoms with Crippen molar-refractivity contribution in [1.82, 2.24) is 4.90 Å². The van der Waals surface area contributed by atoms with Crippen LogP contribution in [0.1, 0.15) is 47.1 Å². The smallest absolute Gasteiger partial charge is 0.273 e. The SMILES string of the molecule is CC[N+]1=C(/C=C/c2ccc([N+](=O)[O-])cc2)N(C(C)C)C2C(=O)c3ccccc3C(=O)C21. The van der Waals surface area contributed by atoms with E-state index in [4.69, 9.17) is 0 Å². The van der Waals surface area contributed by atoms with Gasteiger partial charge in [-0.25, -0.2) is 9.48 Å². The number of benzene rings is 2. The molecule has 2 aromatic carbocycles.